The highest BCUT2D eigenvalue weighted by atomic mass is 16.3. The summed E-state index contributed by atoms with van der Waals surface area (Å²) >= 11 is 0. The van der Waals surface area contributed by atoms with Crippen LogP contribution < -0.4 is 0 Å². The molecule has 0 aliphatic carbocycles. The molecule has 1 unspecified atom stereocenters. The lowest BCUT2D eigenvalue weighted by molar-refractivity contribution is 0.0137. The second-order valence-corrected chi connectivity index (χ2v) is 6.48. The second kappa shape index (κ2) is 5.85. The van der Waals surface area contributed by atoms with Gasteiger partial charge in [0.1, 0.15) is 5.60 Å². The van der Waals surface area contributed by atoms with Gasteiger partial charge in [-0.05, 0) is 31.5 Å². The average Bonchev–Trinajstić information content (AvgIpc) is 2.79. The van der Waals surface area contributed by atoms with Gasteiger partial charge >= 0.3 is 0 Å². The lowest BCUT2D eigenvalue weighted by Crippen LogP contribution is -2.31. The van der Waals surface area contributed by atoms with E-state index in [1.54, 1.807) is 48.5 Å². The van der Waals surface area contributed by atoms with Gasteiger partial charge in [0.15, 0.2) is 12.0 Å². The molecule has 3 rings (SSSR count). The van der Waals surface area contributed by atoms with Crippen molar-refractivity contribution in [2.24, 2.45) is 0 Å². The monoisotopic (exact) mass is 325 g/mol. The Morgan fingerprint density at radius 1 is 1.17 bits per heavy atom. The van der Waals surface area contributed by atoms with Crippen molar-refractivity contribution >= 4 is 11.7 Å². The van der Waals surface area contributed by atoms with Crippen molar-refractivity contribution < 1.29 is 19.8 Å². The first-order valence-corrected chi connectivity index (χ1v) is 7.73. The van der Waals surface area contributed by atoms with Crippen LogP contribution in [0.4, 0.5) is 0 Å². The van der Waals surface area contributed by atoms with Gasteiger partial charge in [0.05, 0.1) is 0 Å². The Kier molecular flexibility index (Phi) is 3.99. The SMILES string of the molecule is CC(C)(O)C(=O)c1cccc(CN2C(=O)c3ccccc3C2O)c1. The third-order valence-corrected chi connectivity index (χ3v) is 4.12. The molecule has 2 N–H and O–H groups in total. The molecule has 1 atom stereocenters. The molecule has 0 spiro atoms. The Bertz CT molecular complexity index is 807. The van der Waals surface area contributed by atoms with Crippen molar-refractivity contribution in [1.82, 2.24) is 4.90 Å². The number of aliphatic hydroxyl groups is 2. The van der Waals surface area contributed by atoms with Crippen LogP contribution in [0.25, 0.3) is 0 Å². The van der Waals surface area contributed by atoms with Crippen molar-refractivity contribution in [3.05, 3.63) is 70.8 Å². The van der Waals surface area contributed by atoms with Gasteiger partial charge in [-0.3, -0.25) is 9.59 Å². The maximum Gasteiger partial charge on any atom is 0.256 e. The molecule has 1 aliphatic rings. The Hall–Kier alpha value is -2.50. The smallest absolute Gasteiger partial charge is 0.256 e. The number of carbonyl (C=O) groups is 2. The number of amides is 1. The fourth-order valence-electron chi connectivity index (χ4n) is 2.87. The van der Waals surface area contributed by atoms with E-state index in [1.165, 1.54) is 18.7 Å². The van der Waals surface area contributed by atoms with E-state index in [4.69, 9.17) is 0 Å². The van der Waals surface area contributed by atoms with E-state index in [0.717, 1.165) is 0 Å². The van der Waals surface area contributed by atoms with Crippen LogP contribution in [-0.2, 0) is 6.54 Å². The van der Waals surface area contributed by atoms with Crippen LogP contribution in [0.3, 0.4) is 0 Å². The maximum absolute atomic E-state index is 12.4. The molecule has 0 aromatic heterocycles. The molecule has 0 bridgehead atoms. The number of nitrogens with zero attached hydrogens (tertiary/aromatic N) is 1. The molecule has 0 radical (unpaired) electrons. The van der Waals surface area contributed by atoms with E-state index in [9.17, 15) is 19.8 Å². The fourth-order valence-corrected chi connectivity index (χ4v) is 2.87. The van der Waals surface area contributed by atoms with E-state index in [1.807, 2.05) is 0 Å². The van der Waals surface area contributed by atoms with Gasteiger partial charge in [-0.2, -0.15) is 0 Å². The molecular weight excluding hydrogens is 306 g/mol. The third-order valence-electron chi connectivity index (χ3n) is 4.12. The minimum Gasteiger partial charge on any atom is -0.382 e. The molecule has 1 amide bonds. The Labute approximate surface area is 140 Å². The Morgan fingerprint density at radius 2 is 1.88 bits per heavy atom. The van der Waals surface area contributed by atoms with E-state index in [0.29, 0.717) is 22.3 Å². The molecule has 2 aromatic carbocycles. The Morgan fingerprint density at radius 3 is 2.54 bits per heavy atom. The fraction of sp³-hybridized carbons (Fsp3) is 0.263. The van der Waals surface area contributed by atoms with Gasteiger partial charge in [-0.25, -0.2) is 0 Å². The van der Waals surface area contributed by atoms with Crippen LogP contribution in [0.2, 0.25) is 0 Å². The lowest BCUT2D eigenvalue weighted by Gasteiger charge is -2.22. The van der Waals surface area contributed by atoms with Gasteiger partial charge in [0.25, 0.3) is 5.91 Å². The zero-order valence-electron chi connectivity index (χ0n) is 13.6. The normalized spacial score (nSPS) is 17.1. The quantitative estimate of drug-likeness (QED) is 0.846. The first-order valence-electron chi connectivity index (χ1n) is 7.73. The predicted octanol–water partition coefficient (Wildman–Crippen LogP) is 2.29. The molecule has 0 saturated heterocycles. The summed E-state index contributed by atoms with van der Waals surface area (Å²) < 4.78 is 0. The third kappa shape index (κ3) is 2.84. The molecule has 5 heteroatoms. The zero-order valence-corrected chi connectivity index (χ0v) is 13.6. The van der Waals surface area contributed by atoms with Crippen LogP contribution in [0, 0.1) is 0 Å². The number of benzene rings is 2. The first kappa shape index (κ1) is 16.4. The standard InChI is InChI=1S/C19H19NO4/c1-19(2,24)16(21)13-7-5-6-12(10-13)11-20-17(22)14-8-3-4-9-15(14)18(20)23/h3-10,17,22,24H,11H2,1-2H3. The number of carbonyl (C=O) groups excluding carboxylic acids is 2. The summed E-state index contributed by atoms with van der Waals surface area (Å²) in [6.07, 6.45) is -0.998. The van der Waals surface area contributed by atoms with Crippen LogP contribution in [-0.4, -0.2) is 32.4 Å². The van der Waals surface area contributed by atoms with Crippen LogP contribution in [0.1, 0.15) is 51.9 Å². The summed E-state index contributed by atoms with van der Waals surface area (Å²) in [5.74, 6) is -0.627. The highest BCUT2D eigenvalue weighted by Gasteiger charge is 2.35. The number of rotatable bonds is 4. The summed E-state index contributed by atoms with van der Waals surface area (Å²) in [5.41, 5.74) is 0.710. The van der Waals surface area contributed by atoms with Crippen LogP contribution in [0.5, 0.6) is 0 Å². The molecule has 0 fully saturated rings. The number of Topliss-reactive ketones (excluding diaryl/α,β-unsaturated/α-hetero) is 1. The largest absolute Gasteiger partial charge is 0.382 e. The number of hydrogen-bond acceptors (Lipinski definition) is 4. The molecule has 0 saturated carbocycles. The molecule has 1 aliphatic heterocycles. The molecule has 1 heterocycles. The van der Waals surface area contributed by atoms with Crippen molar-refractivity contribution in [2.45, 2.75) is 32.2 Å². The lowest BCUT2D eigenvalue weighted by atomic mass is 9.95. The summed E-state index contributed by atoms with van der Waals surface area (Å²) in [6.45, 7) is 3.06. The van der Waals surface area contributed by atoms with Gasteiger partial charge in [-0.1, -0.05) is 36.4 Å². The molecule has 2 aromatic rings. The van der Waals surface area contributed by atoms with E-state index < -0.39 is 11.8 Å². The minimum absolute atomic E-state index is 0.182. The van der Waals surface area contributed by atoms with Gasteiger partial charge in [0.2, 0.25) is 0 Å². The van der Waals surface area contributed by atoms with Crippen LogP contribution in [0.15, 0.2) is 48.5 Å². The van der Waals surface area contributed by atoms with Crippen molar-refractivity contribution in [3.8, 4) is 0 Å². The van der Waals surface area contributed by atoms with Crippen molar-refractivity contribution in [1.29, 1.82) is 0 Å². The molecule has 5 nitrogen and oxygen atoms in total. The van der Waals surface area contributed by atoms with E-state index in [-0.39, 0.29) is 18.2 Å². The topological polar surface area (TPSA) is 77.8 Å². The highest BCUT2D eigenvalue weighted by molar-refractivity contribution is 6.02. The second-order valence-electron chi connectivity index (χ2n) is 6.48. The number of ketones is 1. The number of fused-ring (bicyclic) bond motifs is 1. The summed E-state index contributed by atoms with van der Waals surface area (Å²) in [6, 6.07) is 13.7. The summed E-state index contributed by atoms with van der Waals surface area (Å²) in [7, 11) is 0. The highest BCUT2D eigenvalue weighted by Crippen LogP contribution is 2.32. The minimum atomic E-state index is -1.46. The van der Waals surface area contributed by atoms with Gasteiger partial charge in [0, 0.05) is 23.2 Å². The average molecular weight is 325 g/mol. The van der Waals surface area contributed by atoms with Crippen molar-refractivity contribution in [3.63, 3.8) is 0 Å². The zero-order chi connectivity index (χ0) is 17.5. The number of hydrogen-bond donors (Lipinski definition) is 2. The first-order chi connectivity index (χ1) is 11.3. The van der Waals surface area contributed by atoms with Gasteiger partial charge < -0.3 is 15.1 Å². The van der Waals surface area contributed by atoms with E-state index in [2.05, 4.69) is 0 Å². The van der Waals surface area contributed by atoms with Crippen molar-refractivity contribution in [2.75, 3.05) is 0 Å². The Balaban J connectivity index is 1.86. The van der Waals surface area contributed by atoms with Crippen LogP contribution >= 0.6 is 0 Å². The molecule has 124 valence electrons. The molecule has 24 heavy (non-hydrogen) atoms. The van der Waals surface area contributed by atoms with E-state index >= 15 is 0 Å². The molecular formula is C19H19NO4. The maximum atomic E-state index is 12.4. The predicted molar refractivity (Wildman–Crippen MR) is 88.3 cm³/mol. The summed E-state index contributed by atoms with van der Waals surface area (Å²) in [4.78, 5) is 26.0. The van der Waals surface area contributed by atoms with Gasteiger partial charge in [-0.15, -0.1) is 0 Å². The summed E-state index contributed by atoms with van der Waals surface area (Å²) in [5, 5.41) is 20.2. The number of aliphatic hydroxyl groups excluding tert-OH is 1.